The van der Waals surface area contributed by atoms with E-state index in [0.29, 0.717) is 68.9 Å². The van der Waals surface area contributed by atoms with Gasteiger partial charge in [0.15, 0.2) is 5.78 Å². The van der Waals surface area contributed by atoms with Crippen LogP contribution in [0.25, 0.3) is 21.5 Å². The number of unbranched alkanes of at least 4 members (excludes halogenated alkanes) is 3. The lowest BCUT2D eigenvalue weighted by Gasteiger charge is -2.36. The van der Waals surface area contributed by atoms with Gasteiger partial charge in [-0.15, -0.1) is 11.3 Å². The van der Waals surface area contributed by atoms with Gasteiger partial charge < -0.3 is 30.4 Å². The van der Waals surface area contributed by atoms with E-state index in [1.54, 1.807) is 29.0 Å². The van der Waals surface area contributed by atoms with Gasteiger partial charge in [0.05, 0.1) is 46.1 Å². The summed E-state index contributed by atoms with van der Waals surface area (Å²) < 4.78 is 1.73. The Morgan fingerprint density at radius 1 is 0.877 bits per heavy atom. The molecule has 388 valence electrons. The summed E-state index contributed by atoms with van der Waals surface area (Å²) in [5, 5.41) is 17.2. The predicted octanol–water partition coefficient (Wildman–Crippen LogP) is 6.63. The molecular formula is C55H70N10O7S. The number of aryl methyl sites for hydroxylation is 2. The molecule has 6 heterocycles. The third-order valence-electron chi connectivity index (χ3n) is 14.7. The second kappa shape index (κ2) is 23.2. The maximum absolute atomic E-state index is 14.1. The summed E-state index contributed by atoms with van der Waals surface area (Å²) >= 11 is 1.58. The number of hydrogen-bond donors (Lipinski definition) is 3. The number of Topliss-reactive ketones (excluding diaryl/α,β-unsaturated/α-hetero) is 1. The smallest absolute Gasteiger partial charge is 0.263 e. The number of aliphatic hydroxyl groups excluding tert-OH is 1. The molecule has 1 saturated carbocycles. The van der Waals surface area contributed by atoms with Crippen LogP contribution >= 0.6 is 11.3 Å². The number of rotatable bonds is 18. The van der Waals surface area contributed by atoms with Crippen molar-refractivity contribution in [2.75, 3.05) is 37.6 Å². The highest BCUT2D eigenvalue weighted by atomic mass is 32.1. The number of carbonyl (C=O) groups is 5. The third-order valence-corrected chi connectivity index (χ3v) is 15.7. The number of amides is 4. The quantitative estimate of drug-likeness (QED) is 0.0623. The number of pyridine rings is 2. The second-order valence-electron chi connectivity index (χ2n) is 21.1. The fraction of sp³-hybridized carbons (Fsp3) is 0.527. The maximum atomic E-state index is 14.1. The van der Waals surface area contributed by atoms with Crippen LogP contribution in [0.3, 0.4) is 0 Å². The van der Waals surface area contributed by atoms with Gasteiger partial charge in [0, 0.05) is 81.8 Å². The lowest BCUT2D eigenvalue weighted by atomic mass is 9.85. The standard InChI is InChI=1S/C55H70N10O7S/c1-34-43-31-57-45(60-51(43)65(40-13-11-12-14-40)53(71)48(34)36(3)66)27-39-21-22-41(30-56-39)62-23-25-63(26-24-62)47(69)16-10-8-7-9-15-46(68)61-50(55(4,5)6)54(72)64-32-42(67)28-44(64)52(70)58-29-37-17-19-38(20-18-37)49-35(2)59-33-73-49/h17-22,30-31,33,40,42,44,50,67H,7-16,23-29,32H2,1-6H3,(H,58,70)(H,61,68)/t42-,44+,50-/m1/s1. The van der Waals surface area contributed by atoms with E-state index in [9.17, 15) is 33.9 Å². The highest BCUT2D eigenvalue weighted by molar-refractivity contribution is 7.13. The number of thiazole rings is 1. The van der Waals surface area contributed by atoms with E-state index < -0.39 is 29.5 Å². The summed E-state index contributed by atoms with van der Waals surface area (Å²) in [5.74, 6) is -0.569. The zero-order valence-corrected chi connectivity index (χ0v) is 43.9. The van der Waals surface area contributed by atoms with Gasteiger partial charge in [0.25, 0.3) is 5.56 Å². The Balaban J connectivity index is 0.745. The predicted molar refractivity (Wildman–Crippen MR) is 281 cm³/mol. The molecule has 4 aromatic heterocycles. The number of hydrogen-bond acceptors (Lipinski definition) is 13. The van der Waals surface area contributed by atoms with Crippen LogP contribution in [0.2, 0.25) is 0 Å². The molecular weight excluding hydrogens is 945 g/mol. The SMILES string of the molecule is CC(=O)c1c(C)c2cnc(Cc3ccc(N4CCN(C(=O)CCCCCCC(=O)N[C@H](C(=O)N5C[C@H](O)C[C@H]5C(=O)NCc5ccc(-c6scnc6C)cc5)C(C)(C)C)CC4)cn3)nc2n(C2CCCC2)c1=O. The van der Waals surface area contributed by atoms with E-state index in [0.717, 1.165) is 77.0 Å². The molecule has 3 N–H and O–H groups in total. The lowest BCUT2D eigenvalue weighted by molar-refractivity contribution is -0.144. The van der Waals surface area contributed by atoms with Gasteiger partial charge in [-0.2, -0.15) is 0 Å². The summed E-state index contributed by atoms with van der Waals surface area (Å²) in [6.45, 7) is 13.7. The molecule has 17 nitrogen and oxygen atoms in total. The molecule has 0 bridgehead atoms. The van der Waals surface area contributed by atoms with Crippen LogP contribution < -0.4 is 21.1 Å². The fourth-order valence-electron chi connectivity index (χ4n) is 10.5. The van der Waals surface area contributed by atoms with Gasteiger partial charge in [-0.1, -0.05) is 70.7 Å². The Hall–Kier alpha value is -6.40. The number of nitrogens with zero attached hydrogens (tertiary/aromatic N) is 8. The molecule has 0 radical (unpaired) electrons. The zero-order valence-electron chi connectivity index (χ0n) is 43.1. The average molecular weight is 1020 g/mol. The Morgan fingerprint density at radius 3 is 2.23 bits per heavy atom. The molecule has 18 heteroatoms. The first-order chi connectivity index (χ1) is 35.0. The molecule has 0 spiro atoms. The van der Waals surface area contributed by atoms with Crippen LogP contribution in [0.5, 0.6) is 0 Å². The Labute approximate surface area is 431 Å². The topological polar surface area (TPSA) is 213 Å². The summed E-state index contributed by atoms with van der Waals surface area (Å²) in [5.41, 5.74) is 6.99. The molecule has 2 saturated heterocycles. The second-order valence-corrected chi connectivity index (χ2v) is 22.0. The molecule has 3 atom stereocenters. The molecule has 3 fully saturated rings. The van der Waals surface area contributed by atoms with Crippen molar-refractivity contribution < 1.29 is 29.1 Å². The van der Waals surface area contributed by atoms with Gasteiger partial charge in [0.2, 0.25) is 23.6 Å². The van der Waals surface area contributed by atoms with E-state index in [2.05, 4.69) is 25.5 Å². The van der Waals surface area contributed by atoms with Gasteiger partial charge >= 0.3 is 0 Å². The Kier molecular flexibility index (Phi) is 16.8. The van der Waals surface area contributed by atoms with Crippen LogP contribution in [0.15, 0.2) is 59.1 Å². The normalized spacial score (nSPS) is 17.8. The van der Waals surface area contributed by atoms with Gasteiger partial charge in [0.1, 0.15) is 23.6 Å². The summed E-state index contributed by atoms with van der Waals surface area (Å²) in [6, 6.07) is 10.2. The number of β-amino-alcohol motifs (C(OH)–C–C–N with tert-alkyl or cyclic N) is 1. The minimum atomic E-state index is -0.895. The number of carbonyl (C=O) groups excluding carboxylic acids is 5. The van der Waals surface area contributed by atoms with Crippen LogP contribution in [0.4, 0.5) is 5.69 Å². The molecule has 0 unspecified atom stereocenters. The highest BCUT2D eigenvalue weighted by Crippen LogP contribution is 2.33. The average Bonchev–Trinajstić information content (AvgIpc) is 4.15. The van der Waals surface area contributed by atoms with Crippen LogP contribution in [0, 0.1) is 19.3 Å². The zero-order chi connectivity index (χ0) is 52.0. The van der Waals surface area contributed by atoms with E-state index >= 15 is 0 Å². The van der Waals surface area contributed by atoms with Crippen molar-refractivity contribution in [2.24, 2.45) is 5.41 Å². The summed E-state index contributed by atoms with van der Waals surface area (Å²) in [4.78, 5) is 105. The molecule has 3 aliphatic rings. The largest absolute Gasteiger partial charge is 0.391 e. The number of benzene rings is 1. The van der Waals surface area contributed by atoms with E-state index in [-0.39, 0.29) is 66.6 Å². The van der Waals surface area contributed by atoms with Crippen LogP contribution in [-0.4, -0.2) is 120 Å². The Bertz CT molecular complexity index is 2860. The van der Waals surface area contributed by atoms with Crippen molar-refractivity contribution in [1.82, 2.24) is 44.9 Å². The number of ketones is 1. The number of piperazine rings is 1. The number of aromatic nitrogens is 5. The number of aliphatic hydroxyl groups is 1. The first-order valence-electron chi connectivity index (χ1n) is 25.9. The van der Waals surface area contributed by atoms with Crippen molar-refractivity contribution >= 4 is 57.5 Å². The van der Waals surface area contributed by atoms with Gasteiger partial charge in [-0.25, -0.2) is 15.0 Å². The minimum absolute atomic E-state index is 0.00717. The summed E-state index contributed by atoms with van der Waals surface area (Å²) in [6.07, 6.45) is 10.6. The number of fused-ring (bicyclic) bond motifs is 1. The van der Waals surface area contributed by atoms with Gasteiger partial charge in [-0.3, -0.25) is 38.3 Å². The molecule has 5 aromatic rings. The van der Waals surface area contributed by atoms with E-state index in [1.165, 1.54) is 11.8 Å². The van der Waals surface area contributed by atoms with E-state index in [1.807, 2.05) is 80.7 Å². The molecule has 1 aromatic carbocycles. The van der Waals surface area contributed by atoms with Crippen molar-refractivity contribution in [2.45, 2.75) is 149 Å². The maximum Gasteiger partial charge on any atom is 0.263 e. The monoisotopic (exact) mass is 1010 g/mol. The highest BCUT2D eigenvalue weighted by Gasteiger charge is 2.44. The van der Waals surface area contributed by atoms with Crippen molar-refractivity contribution in [1.29, 1.82) is 0 Å². The lowest BCUT2D eigenvalue weighted by Crippen LogP contribution is -2.57. The fourth-order valence-corrected chi connectivity index (χ4v) is 11.4. The molecule has 73 heavy (non-hydrogen) atoms. The Morgan fingerprint density at radius 2 is 1.59 bits per heavy atom. The number of likely N-dealkylation sites (tertiary alicyclic amines) is 1. The van der Waals surface area contributed by atoms with Crippen LogP contribution in [0.1, 0.15) is 143 Å². The molecule has 1 aliphatic carbocycles. The molecule has 8 rings (SSSR count). The van der Waals surface area contributed by atoms with Crippen molar-refractivity contribution in [3.8, 4) is 10.4 Å². The first kappa shape index (κ1) is 52.9. The third kappa shape index (κ3) is 12.5. The molecule has 2 aliphatic heterocycles. The van der Waals surface area contributed by atoms with Crippen LogP contribution in [-0.2, 0) is 32.1 Å². The molecule has 4 amide bonds. The first-order valence-corrected chi connectivity index (χ1v) is 26.8. The number of nitrogens with one attached hydrogen (secondary N) is 2. The van der Waals surface area contributed by atoms with Crippen molar-refractivity contribution in [3.63, 3.8) is 0 Å². The van der Waals surface area contributed by atoms with Crippen molar-refractivity contribution in [3.05, 3.63) is 98.6 Å². The number of anilines is 1. The minimum Gasteiger partial charge on any atom is -0.391 e. The van der Waals surface area contributed by atoms with E-state index in [4.69, 9.17) is 9.97 Å². The van der Waals surface area contributed by atoms with Gasteiger partial charge in [-0.05, 0) is 80.7 Å². The summed E-state index contributed by atoms with van der Waals surface area (Å²) in [7, 11) is 0.